The number of nitrogens with zero attached hydrogens (tertiary/aromatic N) is 1. The molecule has 4 nitrogen and oxygen atoms in total. The van der Waals surface area contributed by atoms with Gasteiger partial charge in [-0.15, -0.1) is 0 Å². The Hall–Kier alpha value is -1.26. The minimum absolute atomic E-state index is 0.00981. The summed E-state index contributed by atoms with van der Waals surface area (Å²) in [5, 5.41) is 0.509. The van der Waals surface area contributed by atoms with Gasteiger partial charge >= 0.3 is 0 Å². The van der Waals surface area contributed by atoms with Crippen LogP contribution in [-0.2, 0) is 0 Å². The van der Waals surface area contributed by atoms with E-state index in [1.54, 1.807) is 25.3 Å². The van der Waals surface area contributed by atoms with E-state index in [1.807, 2.05) is 4.90 Å². The number of ether oxygens (including phenoxy) is 1. The number of hydrogen-bond acceptors (Lipinski definition) is 3. The first-order valence-corrected chi connectivity index (χ1v) is 7.35. The molecule has 0 radical (unpaired) electrons. The predicted molar refractivity (Wildman–Crippen MR) is 78.1 cm³/mol. The third-order valence-corrected chi connectivity index (χ3v) is 4.50. The topological polar surface area (TPSA) is 55.6 Å². The largest absolute Gasteiger partial charge is 0.497 e. The van der Waals surface area contributed by atoms with Crippen molar-refractivity contribution in [3.63, 3.8) is 0 Å². The zero-order chi connectivity index (χ0) is 14.3. The maximum atomic E-state index is 12.6. The van der Waals surface area contributed by atoms with Crippen LogP contribution in [0.1, 0.15) is 23.2 Å². The number of carbonyl (C=O) groups is 1. The highest BCUT2D eigenvalue weighted by Crippen LogP contribution is 2.41. The molecular weight excluding hydrogens is 276 g/mol. The summed E-state index contributed by atoms with van der Waals surface area (Å²) in [4.78, 5) is 14.4. The van der Waals surface area contributed by atoms with E-state index in [0.717, 1.165) is 12.5 Å². The summed E-state index contributed by atoms with van der Waals surface area (Å²) in [6.45, 7) is 1.40. The summed E-state index contributed by atoms with van der Waals surface area (Å²) in [7, 11) is 1.56. The van der Waals surface area contributed by atoms with Gasteiger partial charge in [0, 0.05) is 29.7 Å². The molecule has 1 aromatic rings. The van der Waals surface area contributed by atoms with E-state index in [1.165, 1.54) is 12.8 Å². The molecule has 2 fully saturated rings. The minimum atomic E-state index is -0.00981. The van der Waals surface area contributed by atoms with Crippen LogP contribution in [0.3, 0.4) is 0 Å². The van der Waals surface area contributed by atoms with Crippen molar-refractivity contribution in [2.45, 2.75) is 18.9 Å². The Bertz CT molecular complexity index is 531. The number of methoxy groups -OCH3 is 1. The summed E-state index contributed by atoms with van der Waals surface area (Å²) >= 11 is 6.02. The maximum Gasteiger partial charge on any atom is 0.254 e. The second-order valence-electron chi connectivity index (χ2n) is 5.76. The average Bonchev–Trinajstić information content (AvgIpc) is 3.20. The summed E-state index contributed by atoms with van der Waals surface area (Å²) in [6, 6.07) is 5.21. The highest BCUT2D eigenvalue weighted by molar-refractivity contribution is 6.31. The third-order valence-electron chi connectivity index (χ3n) is 4.28. The van der Waals surface area contributed by atoms with E-state index < -0.39 is 0 Å². The lowest BCUT2D eigenvalue weighted by molar-refractivity contribution is 0.0784. The zero-order valence-electron chi connectivity index (χ0n) is 11.5. The lowest BCUT2D eigenvalue weighted by Crippen LogP contribution is -2.32. The van der Waals surface area contributed by atoms with Crippen LogP contribution >= 0.6 is 11.6 Å². The Morgan fingerprint density at radius 3 is 2.75 bits per heavy atom. The number of rotatable bonds is 3. The fourth-order valence-electron chi connectivity index (χ4n) is 3.03. The molecule has 0 aromatic heterocycles. The summed E-state index contributed by atoms with van der Waals surface area (Å²) in [6.07, 6.45) is 2.51. The van der Waals surface area contributed by atoms with Crippen LogP contribution in [-0.4, -0.2) is 37.0 Å². The fourth-order valence-corrected chi connectivity index (χ4v) is 3.25. The number of halogens is 1. The molecule has 1 amide bonds. The molecule has 20 heavy (non-hydrogen) atoms. The van der Waals surface area contributed by atoms with Crippen molar-refractivity contribution in [2.24, 2.45) is 17.6 Å². The van der Waals surface area contributed by atoms with Gasteiger partial charge in [0.15, 0.2) is 0 Å². The first-order valence-electron chi connectivity index (χ1n) is 6.98. The molecule has 1 saturated carbocycles. The minimum Gasteiger partial charge on any atom is -0.497 e. The lowest BCUT2D eigenvalue weighted by atomic mass is 9.99. The molecule has 1 heterocycles. The molecule has 3 rings (SSSR count). The Morgan fingerprint density at radius 2 is 2.10 bits per heavy atom. The average molecular weight is 295 g/mol. The summed E-state index contributed by atoms with van der Waals surface area (Å²) < 4.78 is 5.16. The van der Waals surface area contributed by atoms with Gasteiger partial charge in [-0.2, -0.15) is 0 Å². The SMILES string of the molecule is COc1cc(Cl)cc(C(=O)N2CC(N)C(C3CC3)C2)c1. The van der Waals surface area contributed by atoms with Crippen LogP contribution in [0, 0.1) is 11.8 Å². The van der Waals surface area contributed by atoms with Crippen molar-refractivity contribution >= 4 is 17.5 Å². The maximum absolute atomic E-state index is 12.6. The van der Waals surface area contributed by atoms with E-state index >= 15 is 0 Å². The summed E-state index contributed by atoms with van der Waals surface area (Å²) in [5.74, 6) is 1.77. The molecule has 108 valence electrons. The molecular formula is C15H19ClN2O2. The van der Waals surface area contributed by atoms with Crippen LogP contribution in [0.25, 0.3) is 0 Å². The standard InChI is InChI=1S/C15H19ClN2O2/c1-20-12-5-10(4-11(16)6-12)15(19)18-7-13(9-2-3-9)14(17)8-18/h4-6,9,13-14H,2-3,7-8,17H2,1H3. The van der Waals surface area contributed by atoms with Crippen molar-refractivity contribution in [1.29, 1.82) is 0 Å². The van der Waals surface area contributed by atoms with Gasteiger partial charge in [0.2, 0.25) is 0 Å². The Balaban J connectivity index is 1.77. The van der Waals surface area contributed by atoms with E-state index in [9.17, 15) is 4.79 Å². The monoisotopic (exact) mass is 294 g/mol. The van der Waals surface area contributed by atoms with Gasteiger partial charge in [0.1, 0.15) is 5.75 Å². The normalized spacial score (nSPS) is 25.9. The van der Waals surface area contributed by atoms with Gasteiger partial charge in [-0.05, 0) is 42.9 Å². The molecule has 0 spiro atoms. The quantitative estimate of drug-likeness (QED) is 0.929. The lowest BCUT2D eigenvalue weighted by Gasteiger charge is -2.17. The van der Waals surface area contributed by atoms with Crippen LogP contribution in [0.4, 0.5) is 0 Å². The van der Waals surface area contributed by atoms with Crippen LogP contribution < -0.4 is 10.5 Å². The molecule has 1 aliphatic heterocycles. The fraction of sp³-hybridized carbons (Fsp3) is 0.533. The number of amides is 1. The Morgan fingerprint density at radius 1 is 1.35 bits per heavy atom. The third kappa shape index (κ3) is 2.63. The Labute approximate surface area is 123 Å². The molecule has 5 heteroatoms. The van der Waals surface area contributed by atoms with Crippen molar-refractivity contribution in [3.05, 3.63) is 28.8 Å². The molecule has 2 aliphatic rings. The summed E-state index contributed by atoms with van der Waals surface area (Å²) in [5.41, 5.74) is 6.74. The highest BCUT2D eigenvalue weighted by Gasteiger charge is 2.42. The Kier molecular flexibility index (Phi) is 3.61. The molecule has 2 unspecified atom stereocenters. The second kappa shape index (κ2) is 5.26. The van der Waals surface area contributed by atoms with Gasteiger partial charge in [0.25, 0.3) is 5.91 Å². The number of carbonyl (C=O) groups excluding carboxylic acids is 1. The van der Waals surface area contributed by atoms with E-state index in [2.05, 4.69) is 0 Å². The van der Waals surface area contributed by atoms with E-state index in [0.29, 0.717) is 28.8 Å². The van der Waals surface area contributed by atoms with Crippen LogP contribution in [0.15, 0.2) is 18.2 Å². The van der Waals surface area contributed by atoms with Gasteiger partial charge < -0.3 is 15.4 Å². The van der Waals surface area contributed by atoms with E-state index in [-0.39, 0.29) is 11.9 Å². The molecule has 1 aliphatic carbocycles. The number of hydrogen-bond donors (Lipinski definition) is 1. The van der Waals surface area contributed by atoms with Gasteiger partial charge in [-0.1, -0.05) is 11.6 Å². The molecule has 2 atom stereocenters. The first-order chi connectivity index (χ1) is 9.58. The van der Waals surface area contributed by atoms with Crippen LogP contribution in [0.2, 0.25) is 5.02 Å². The number of nitrogens with two attached hydrogens (primary N) is 1. The van der Waals surface area contributed by atoms with Crippen molar-refractivity contribution in [1.82, 2.24) is 4.90 Å². The molecule has 0 bridgehead atoms. The van der Waals surface area contributed by atoms with E-state index in [4.69, 9.17) is 22.1 Å². The predicted octanol–water partition coefficient (Wildman–Crippen LogP) is 2.16. The van der Waals surface area contributed by atoms with Gasteiger partial charge in [0.05, 0.1) is 7.11 Å². The zero-order valence-corrected chi connectivity index (χ0v) is 12.3. The second-order valence-corrected chi connectivity index (χ2v) is 6.19. The number of likely N-dealkylation sites (tertiary alicyclic amines) is 1. The molecule has 1 aromatic carbocycles. The molecule has 2 N–H and O–H groups in total. The van der Waals surface area contributed by atoms with Crippen molar-refractivity contribution in [3.8, 4) is 5.75 Å². The van der Waals surface area contributed by atoms with Gasteiger partial charge in [-0.3, -0.25) is 4.79 Å². The highest BCUT2D eigenvalue weighted by atomic mass is 35.5. The smallest absolute Gasteiger partial charge is 0.254 e. The van der Waals surface area contributed by atoms with Crippen molar-refractivity contribution in [2.75, 3.05) is 20.2 Å². The molecule has 1 saturated heterocycles. The van der Waals surface area contributed by atoms with Crippen LogP contribution in [0.5, 0.6) is 5.75 Å². The number of benzene rings is 1. The van der Waals surface area contributed by atoms with Crippen molar-refractivity contribution < 1.29 is 9.53 Å². The first kappa shape index (κ1) is 13.7. The van der Waals surface area contributed by atoms with Gasteiger partial charge in [-0.25, -0.2) is 0 Å².